The number of hydrogen-bond donors (Lipinski definition) is 0. The van der Waals surface area contributed by atoms with Crippen molar-refractivity contribution in [2.75, 3.05) is 37.9 Å². The van der Waals surface area contributed by atoms with Crippen molar-refractivity contribution < 1.29 is 13.9 Å². The number of amides is 1. The molecule has 0 unspecified atom stereocenters. The maximum Gasteiger partial charge on any atom is 0.228 e. The number of alkyl halides is 1. The number of aromatic nitrogens is 1. The van der Waals surface area contributed by atoms with E-state index < -0.39 is 6.86 Å². The van der Waals surface area contributed by atoms with E-state index in [2.05, 4.69) is 25.8 Å². The molecule has 1 saturated heterocycles. The van der Waals surface area contributed by atoms with Crippen LogP contribution in [0, 0.1) is 5.92 Å². The molecule has 0 saturated carbocycles. The van der Waals surface area contributed by atoms with Crippen molar-refractivity contribution in [3.63, 3.8) is 0 Å². The highest BCUT2D eigenvalue weighted by molar-refractivity contribution is 5.54. The van der Waals surface area contributed by atoms with Crippen LogP contribution in [0.15, 0.2) is 18.3 Å². The summed E-state index contributed by atoms with van der Waals surface area (Å²) in [5.74, 6) is 1.91. The summed E-state index contributed by atoms with van der Waals surface area (Å²) in [6.45, 7) is 8.29. The molecule has 118 valence electrons. The maximum absolute atomic E-state index is 12.2. The lowest BCUT2D eigenvalue weighted by Crippen LogP contribution is -2.46. The fraction of sp³-hybridized carbons (Fsp3) is 0.600. The van der Waals surface area contributed by atoms with Crippen molar-refractivity contribution in [1.82, 2.24) is 9.88 Å². The van der Waals surface area contributed by atoms with E-state index in [4.69, 9.17) is 4.74 Å². The molecule has 1 amide bonds. The summed E-state index contributed by atoms with van der Waals surface area (Å²) in [5, 5.41) is 0. The second kappa shape index (κ2) is 9.15. The molecule has 0 spiro atoms. The van der Waals surface area contributed by atoms with Gasteiger partial charge in [-0.25, -0.2) is 9.37 Å². The summed E-state index contributed by atoms with van der Waals surface area (Å²) in [5.41, 5.74) is 0. The molecular formula is C15H24FN3O2. The Balaban J connectivity index is 0.000000491. The first-order valence-corrected chi connectivity index (χ1v) is 7.16. The molecule has 0 aliphatic carbocycles. The molecule has 2 heterocycles. The minimum absolute atomic E-state index is 0.439. The Morgan fingerprint density at radius 2 is 1.95 bits per heavy atom. The highest BCUT2D eigenvalue weighted by atomic mass is 19.1. The van der Waals surface area contributed by atoms with Gasteiger partial charge >= 0.3 is 0 Å². The molecule has 0 aromatic carbocycles. The maximum atomic E-state index is 12.2. The molecule has 1 aliphatic heterocycles. The number of anilines is 1. The van der Waals surface area contributed by atoms with Crippen LogP contribution in [-0.4, -0.2) is 49.3 Å². The third kappa shape index (κ3) is 5.97. The Morgan fingerprint density at radius 3 is 2.48 bits per heavy atom. The van der Waals surface area contributed by atoms with Crippen LogP contribution in [0.4, 0.5) is 10.2 Å². The quantitative estimate of drug-likeness (QED) is 0.800. The smallest absolute Gasteiger partial charge is 0.228 e. The van der Waals surface area contributed by atoms with Crippen molar-refractivity contribution in [1.29, 1.82) is 0 Å². The summed E-state index contributed by atoms with van der Waals surface area (Å²) in [7, 11) is 0. The zero-order valence-electron chi connectivity index (χ0n) is 13.0. The lowest BCUT2D eigenvalue weighted by Gasteiger charge is -2.33. The zero-order valence-corrected chi connectivity index (χ0v) is 13.0. The Morgan fingerprint density at radius 1 is 1.33 bits per heavy atom. The summed E-state index contributed by atoms with van der Waals surface area (Å²) in [6.07, 6.45) is 2.49. The second-order valence-corrected chi connectivity index (χ2v) is 5.44. The molecule has 0 N–H and O–H groups in total. The van der Waals surface area contributed by atoms with Crippen molar-refractivity contribution in [3.05, 3.63) is 18.3 Å². The van der Waals surface area contributed by atoms with Gasteiger partial charge < -0.3 is 14.5 Å². The molecule has 0 radical (unpaired) electrons. The molecule has 5 nitrogen and oxygen atoms in total. The number of hydrogen-bond acceptors (Lipinski definition) is 4. The highest BCUT2D eigenvalue weighted by Crippen LogP contribution is 2.25. The van der Waals surface area contributed by atoms with Gasteiger partial charge in [0.05, 0.1) is 0 Å². The van der Waals surface area contributed by atoms with Gasteiger partial charge in [0.1, 0.15) is 0 Å². The van der Waals surface area contributed by atoms with E-state index in [9.17, 15) is 9.18 Å². The van der Waals surface area contributed by atoms with E-state index in [0.29, 0.717) is 37.7 Å². The normalized spacial score (nSPS) is 14.5. The predicted molar refractivity (Wildman–Crippen MR) is 81.2 cm³/mol. The van der Waals surface area contributed by atoms with Crippen LogP contribution in [-0.2, 0) is 4.79 Å². The van der Waals surface area contributed by atoms with E-state index in [-0.39, 0.29) is 0 Å². The summed E-state index contributed by atoms with van der Waals surface area (Å²) >= 11 is 0. The van der Waals surface area contributed by atoms with Crippen molar-refractivity contribution in [2.24, 2.45) is 5.92 Å². The minimum atomic E-state index is -0.868. The van der Waals surface area contributed by atoms with Crippen LogP contribution in [0.3, 0.4) is 0 Å². The Kier molecular flexibility index (Phi) is 7.50. The average molecular weight is 297 g/mol. The molecule has 2 rings (SSSR count). The molecule has 21 heavy (non-hydrogen) atoms. The Hall–Kier alpha value is -1.85. The number of carbonyl (C=O) groups is 1. The van der Waals surface area contributed by atoms with Crippen LogP contribution >= 0.6 is 0 Å². The van der Waals surface area contributed by atoms with E-state index in [1.807, 2.05) is 4.90 Å². The van der Waals surface area contributed by atoms with Crippen LogP contribution in [0.5, 0.6) is 5.75 Å². The fourth-order valence-corrected chi connectivity index (χ4v) is 1.83. The molecule has 1 aromatic heterocycles. The van der Waals surface area contributed by atoms with Gasteiger partial charge in [-0.2, -0.15) is 0 Å². The lowest BCUT2D eigenvalue weighted by molar-refractivity contribution is -0.118. The van der Waals surface area contributed by atoms with Gasteiger partial charge in [0.15, 0.2) is 11.6 Å². The van der Waals surface area contributed by atoms with Gasteiger partial charge in [0, 0.05) is 32.4 Å². The third-order valence-corrected chi connectivity index (χ3v) is 2.72. The molecule has 0 bridgehead atoms. The van der Waals surface area contributed by atoms with Gasteiger partial charge in [-0.15, -0.1) is 0 Å². The van der Waals surface area contributed by atoms with Gasteiger partial charge in [0.25, 0.3) is 0 Å². The van der Waals surface area contributed by atoms with Crippen molar-refractivity contribution in [2.45, 2.75) is 20.8 Å². The van der Waals surface area contributed by atoms with Gasteiger partial charge in [-0.1, -0.05) is 20.8 Å². The van der Waals surface area contributed by atoms with Gasteiger partial charge in [0.2, 0.25) is 13.3 Å². The first kappa shape index (κ1) is 17.2. The van der Waals surface area contributed by atoms with Crippen LogP contribution in [0.1, 0.15) is 20.8 Å². The number of halogens is 1. The molecule has 1 aromatic rings. The Bertz CT molecular complexity index is 418. The van der Waals surface area contributed by atoms with E-state index in [1.54, 1.807) is 23.2 Å². The number of rotatable bonds is 4. The van der Waals surface area contributed by atoms with Crippen molar-refractivity contribution >= 4 is 12.2 Å². The fourth-order valence-electron chi connectivity index (χ4n) is 1.83. The summed E-state index contributed by atoms with van der Waals surface area (Å²) < 4.78 is 17.1. The number of carbonyl (C=O) groups excluding carboxylic acids is 1. The van der Waals surface area contributed by atoms with Crippen LogP contribution in [0.2, 0.25) is 0 Å². The minimum Gasteiger partial charge on any atom is -0.459 e. The van der Waals surface area contributed by atoms with Gasteiger partial charge in [-0.3, -0.25) is 4.79 Å². The summed E-state index contributed by atoms with van der Waals surface area (Å²) in [6, 6.07) is 3.39. The number of pyridine rings is 1. The predicted octanol–water partition coefficient (Wildman–Crippen LogP) is 2.33. The number of ether oxygens (including phenoxy) is 1. The SMILES string of the molecule is CC(C)C.O=CN1CCN(c2ncccc2OCF)CC1. The standard InChI is InChI=1S/C11H14FN3O2.C4H10/c12-8-17-10-2-1-3-13-11(10)15-6-4-14(9-16)5-7-15;1-4(2)3/h1-3,9H,4-8H2;4H,1-3H3. The second-order valence-electron chi connectivity index (χ2n) is 5.44. The average Bonchev–Trinajstić information content (AvgIpc) is 2.48. The topological polar surface area (TPSA) is 45.7 Å². The monoisotopic (exact) mass is 297 g/mol. The zero-order chi connectivity index (χ0) is 15.7. The number of nitrogens with zero attached hydrogens (tertiary/aromatic N) is 3. The Labute approximate surface area is 125 Å². The number of piperazine rings is 1. The highest BCUT2D eigenvalue weighted by Gasteiger charge is 2.19. The van der Waals surface area contributed by atoms with E-state index in [1.165, 1.54) is 0 Å². The molecule has 0 atom stereocenters. The van der Waals surface area contributed by atoms with Crippen LogP contribution in [0.25, 0.3) is 0 Å². The molecule has 1 fully saturated rings. The van der Waals surface area contributed by atoms with Crippen molar-refractivity contribution in [3.8, 4) is 5.75 Å². The third-order valence-electron chi connectivity index (χ3n) is 2.72. The molecular weight excluding hydrogens is 273 g/mol. The molecule has 1 aliphatic rings. The lowest BCUT2D eigenvalue weighted by atomic mass is 10.3. The molecule has 6 heteroatoms. The largest absolute Gasteiger partial charge is 0.459 e. The van der Waals surface area contributed by atoms with Gasteiger partial charge in [-0.05, 0) is 18.1 Å². The first-order valence-electron chi connectivity index (χ1n) is 7.16. The first-order chi connectivity index (χ1) is 10.1. The van der Waals surface area contributed by atoms with E-state index in [0.717, 1.165) is 12.3 Å². The summed E-state index contributed by atoms with van der Waals surface area (Å²) in [4.78, 5) is 18.5. The van der Waals surface area contributed by atoms with Crippen LogP contribution < -0.4 is 9.64 Å². The van der Waals surface area contributed by atoms with E-state index >= 15 is 0 Å².